The fourth-order valence-corrected chi connectivity index (χ4v) is 2.20. The molecule has 2 aromatic rings. The summed E-state index contributed by atoms with van der Waals surface area (Å²) in [4.78, 5) is 8.86. The first kappa shape index (κ1) is 14.2. The molecule has 0 amide bonds. The lowest BCUT2D eigenvalue weighted by atomic mass is 10.1. The molecule has 0 saturated heterocycles. The molecule has 0 radical (unpaired) electrons. The van der Waals surface area contributed by atoms with E-state index in [1.165, 1.54) is 5.56 Å². The van der Waals surface area contributed by atoms with Crippen molar-refractivity contribution in [2.24, 2.45) is 0 Å². The standard InChI is InChI=1S/C15H18BrN3/c1-3-17-14(15-18-9-11(2)10-19-15)8-12-4-6-13(16)7-5-12/h4-7,9-10,14,17H,3,8H2,1-2H3. The Kier molecular flexibility index (Phi) is 5.05. The van der Waals surface area contributed by atoms with Crippen molar-refractivity contribution in [3.05, 3.63) is 58.1 Å². The van der Waals surface area contributed by atoms with E-state index in [9.17, 15) is 0 Å². The normalized spacial score (nSPS) is 12.4. The minimum absolute atomic E-state index is 0.159. The zero-order chi connectivity index (χ0) is 13.7. The summed E-state index contributed by atoms with van der Waals surface area (Å²) < 4.78 is 1.10. The number of nitrogens with one attached hydrogen (secondary N) is 1. The van der Waals surface area contributed by atoms with Crippen LogP contribution in [0.15, 0.2) is 41.1 Å². The van der Waals surface area contributed by atoms with Crippen LogP contribution in [0.25, 0.3) is 0 Å². The Morgan fingerprint density at radius 3 is 2.37 bits per heavy atom. The number of nitrogens with zero attached hydrogens (tertiary/aromatic N) is 2. The van der Waals surface area contributed by atoms with E-state index in [2.05, 4.69) is 62.4 Å². The van der Waals surface area contributed by atoms with Gasteiger partial charge in [-0.2, -0.15) is 0 Å². The van der Waals surface area contributed by atoms with Gasteiger partial charge in [-0.3, -0.25) is 0 Å². The van der Waals surface area contributed by atoms with Gasteiger partial charge in [0.05, 0.1) is 6.04 Å². The van der Waals surface area contributed by atoms with Crippen LogP contribution in [0.1, 0.15) is 29.9 Å². The number of hydrogen-bond donors (Lipinski definition) is 1. The number of rotatable bonds is 5. The van der Waals surface area contributed by atoms with E-state index in [1.807, 2.05) is 19.3 Å². The molecule has 0 aliphatic heterocycles. The first-order chi connectivity index (χ1) is 9.19. The Bertz CT molecular complexity index is 508. The third kappa shape index (κ3) is 4.11. The molecule has 0 bridgehead atoms. The van der Waals surface area contributed by atoms with Gasteiger partial charge in [0.15, 0.2) is 0 Å². The first-order valence-corrected chi connectivity index (χ1v) is 7.24. The van der Waals surface area contributed by atoms with Crippen molar-refractivity contribution in [1.82, 2.24) is 15.3 Å². The van der Waals surface area contributed by atoms with Gasteiger partial charge in [-0.25, -0.2) is 9.97 Å². The molecule has 0 spiro atoms. The lowest BCUT2D eigenvalue weighted by molar-refractivity contribution is 0.521. The predicted octanol–water partition coefficient (Wildman–Crippen LogP) is 3.44. The molecule has 4 heteroatoms. The number of benzene rings is 1. The smallest absolute Gasteiger partial charge is 0.145 e. The average Bonchev–Trinajstić information content (AvgIpc) is 2.42. The summed E-state index contributed by atoms with van der Waals surface area (Å²) in [6.07, 6.45) is 4.63. The van der Waals surface area contributed by atoms with Gasteiger partial charge in [-0.15, -0.1) is 0 Å². The maximum Gasteiger partial charge on any atom is 0.145 e. The molecular formula is C15H18BrN3. The number of aryl methyl sites for hydroxylation is 1. The fraction of sp³-hybridized carbons (Fsp3) is 0.333. The minimum Gasteiger partial charge on any atom is -0.307 e. The molecule has 3 nitrogen and oxygen atoms in total. The van der Waals surface area contributed by atoms with Gasteiger partial charge in [0, 0.05) is 16.9 Å². The van der Waals surface area contributed by atoms with E-state index < -0.39 is 0 Å². The summed E-state index contributed by atoms with van der Waals surface area (Å²) in [6.45, 7) is 5.00. The first-order valence-electron chi connectivity index (χ1n) is 6.45. The summed E-state index contributed by atoms with van der Waals surface area (Å²) in [5.74, 6) is 0.857. The SMILES string of the molecule is CCNC(Cc1ccc(Br)cc1)c1ncc(C)cn1. The fourth-order valence-electron chi connectivity index (χ4n) is 1.94. The Hall–Kier alpha value is -1.26. The molecule has 1 N–H and O–H groups in total. The van der Waals surface area contributed by atoms with Crippen molar-refractivity contribution in [1.29, 1.82) is 0 Å². The van der Waals surface area contributed by atoms with Crippen molar-refractivity contribution in [3.63, 3.8) is 0 Å². The lowest BCUT2D eigenvalue weighted by Crippen LogP contribution is -2.25. The maximum atomic E-state index is 4.43. The van der Waals surface area contributed by atoms with Gasteiger partial charge in [-0.05, 0) is 43.1 Å². The highest BCUT2D eigenvalue weighted by molar-refractivity contribution is 9.10. The highest BCUT2D eigenvalue weighted by Gasteiger charge is 2.13. The molecule has 0 aliphatic carbocycles. The summed E-state index contributed by atoms with van der Waals surface area (Å²) in [5, 5.41) is 3.44. The second kappa shape index (κ2) is 6.78. The van der Waals surface area contributed by atoms with Gasteiger partial charge in [-0.1, -0.05) is 35.0 Å². The molecular weight excluding hydrogens is 302 g/mol. The maximum absolute atomic E-state index is 4.43. The van der Waals surface area contributed by atoms with E-state index in [-0.39, 0.29) is 6.04 Å². The molecule has 0 aliphatic rings. The number of likely N-dealkylation sites (N-methyl/N-ethyl adjacent to an activating group) is 1. The predicted molar refractivity (Wildman–Crippen MR) is 81.0 cm³/mol. The molecule has 1 heterocycles. The van der Waals surface area contributed by atoms with Gasteiger partial charge >= 0.3 is 0 Å². The molecule has 1 aromatic carbocycles. The van der Waals surface area contributed by atoms with Crippen molar-refractivity contribution in [2.45, 2.75) is 26.3 Å². The number of hydrogen-bond acceptors (Lipinski definition) is 3. The average molecular weight is 320 g/mol. The molecule has 2 rings (SSSR count). The van der Waals surface area contributed by atoms with E-state index in [4.69, 9.17) is 0 Å². The topological polar surface area (TPSA) is 37.8 Å². The van der Waals surface area contributed by atoms with E-state index in [0.29, 0.717) is 0 Å². The summed E-state index contributed by atoms with van der Waals surface area (Å²) >= 11 is 3.45. The molecule has 1 unspecified atom stereocenters. The second-order valence-electron chi connectivity index (χ2n) is 4.56. The van der Waals surface area contributed by atoms with E-state index in [0.717, 1.165) is 28.8 Å². The van der Waals surface area contributed by atoms with E-state index >= 15 is 0 Å². The van der Waals surface area contributed by atoms with Crippen molar-refractivity contribution in [2.75, 3.05) is 6.54 Å². The van der Waals surface area contributed by atoms with Crippen LogP contribution in [-0.4, -0.2) is 16.5 Å². The summed E-state index contributed by atoms with van der Waals surface area (Å²) in [6, 6.07) is 8.54. The van der Waals surface area contributed by atoms with Crippen LogP contribution < -0.4 is 5.32 Å². The van der Waals surface area contributed by atoms with Gasteiger partial charge in [0.2, 0.25) is 0 Å². The van der Waals surface area contributed by atoms with Crippen LogP contribution >= 0.6 is 15.9 Å². The van der Waals surface area contributed by atoms with Crippen LogP contribution in [0.5, 0.6) is 0 Å². The van der Waals surface area contributed by atoms with Gasteiger partial charge in [0.1, 0.15) is 5.82 Å². The largest absolute Gasteiger partial charge is 0.307 e. The third-order valence-electron chi connectivity index (χ3n) is 2.92. The third-order valence-corrected chi connectivity index (χ3v) is 3.44. The summed E-state index contributed by atoms with van der Waals surface area (Å²) in [5.41, 5.74) is 2.36. The van der Waals surface area contributed by atoms with Crippen LogP contribution in [0.3, 0.4) is 0 Å². The minimum atomic E-state index is 0.159. The lowest BCUT2D eigenvalue weighted by Gasteiger charge is -2.16. The monoisotopic (exact) mass is 319 g/mol. The molecule has 0 fully saturated rings. The second-order valence-corrected chi connectivity index (χ2v) is 5.48. The van der Waals surface area contributed by atoms with Crippen LogP contribution in [0, 0.1) is 6.92 Å². The van der Waals surface area contributed by atoms with E-state index in [1.54, 1.807) is 0 Å². The molecule has 0 saturated carbocycles. The highest BCUT2D eigenvalue weighted by atomic mass is 79.9. The molecule has 19 heavy (non-hydrogen) atoms. The molecule has 100 valence electrons. The number of halogens is 1. The van der Waals surface area contributed by atoms with Crippen molar-refractivity contribution in [3.8, 4) is 0 Å². The van der Waals surface area contributed by atoms with Crippen molar-refractivity contribution < 1.29 is 0 Å². The quantitative estimate of drug-likeness (QED) is 0.917. The Labute approximate surface area is 122 Å². The zero-order valence-corrected chi connectivity index (χ0v) is 12.8. The van der Waals surface area contributed by atoms with Gasteiger partial charge in [0.25, 0.3) is 0 Å². The Morgan fingerprint density at radius 2 is 1.79 bits per heavy atom. The Balaban J connectivity index is 2.15. The highest BCUT2D eigenvalue weighted by Crippen LogP contribution is 2.17. The van der Waals surface area contributed by atoms with Gasteiger partial charge < -0.3 is 5.32 Å². The van der Waals surface area contributed by atoms with Crippen LogP contribution in [-0.2, 0) is 6.42 Å². The summed E-state index contributed by atoms with van der Waals surface area (Å²) in [7, 11) is 0. The van der Waals surface area contributed by atoms with Crippen LogP contribution in [0.4, 0.5) is 0 Å². The Morgan fingerprint density at radius 1 is 1.16 bits per heavy atom. The van der Waals surface area contributed by atoms with Crippen molar-refractivity contribution >= 4 is 15.9 Å². The molecule has 1 aromatic heterocycles. The number of aromatic nitrogens is 2. The molecule has 1 atom stereocenters. The zero-order valence-electron chi connectivity index (χ0n) is 11.2. The van der Waals surface area contributed by atoms with Crippen LogP contribution in [0.2, 0.25) is 0 Å².